The predicted octanol–water partition coefficient (Wildman–Crippen LogP) is 3.72. The van der Waals surface area contributed by atoms with Crippen LogP contribution in [0.2, 0.25) is 0 Å². The molecule has 0 radical (unpaired) electrons. The van der Waals surface area contributed by atoms with Crippen LogP contribution in [0.15, 0.2) is 47.6 Å². The molecule has 7 nitrogen and oxygen atoms in total. The molecule has 0 saturated heterocycles. The number of carbonyl (C=O) groups excluding carboxylic acids is 1. The number of nitrogens with zero attached hydrogens (tertiary/aromatic N) is 3. The predicted molar refractivity (Wildman–Crippen MR) is 110 cm³/mol. The highest BCUT2D eigenvalue weighted by molar-refractivity contribution is 7.99. The topological polar surface area (TPSA) is 89.3 Å². The lowest BCUT2D eigenvalue weighted by Crippen LogP contribution is -2.15. The largest absolute Gasteiger partial charge is 0.507 e. The number of phenolic OH excluding ortho intramolecular Hbond substituents is 1. The molecule has 8 heteroatoms. The Balaban J connectivity index is 1.72. The fourth-order valence-electron chi connectivity index (χ4n) is 2.78. The maximum Gasteiger partial charge on any atom is 0.234 e. The van der Waals surface area contributed by atoms with E-state index in [1.165, 1.54) is 11.8 Å². The summed E-state index contributed by atoms with van der Waals surface area (Å²) in [6.45, 7) is 4.54. The van der Waals surface area contributed by atoms with E-state index < -0.39 is 0 Å². The summed E-state index contributed by atoms with van der Waals surface area (Å²) in [5, 5.41) is 22.0. The van der Waals surface area contributed by atoms with Gasteiger partial charge in [0.25, 0.3) is 0 Å². The van der Waals surface area contributed by atoms with Crippen LogP contribution in [0.1, 0.15) is 12.5 Å². The molecule has 2 N–H and O–H groups in total. The molecule has 3 aromatic rings. The Labute approximate surface area is 167 Å². The molecule has 28 heavy (non-hydrogen) atoms. The Morgan fingerprint density at radius 3 is 2.75 bits per heavy atom. The molecule has 0 atom stereocenters. The number of para-hydroxylation sites is 1. The smallest absolute Gasteiger partial charge is 0.234 e. The van der Waals surface area contributed by atoms with Gasteiger partial charge in [-0.05, 0) is 43.7 Å². The van der Waals surface area contributed by atoms with Crippen LogP contribution in [0.4, 0.5) is 5.69 Å². The van der Waals surface area contributed by atoms with Crippen molar-refractivity contribution in [2.24, 2.45) is 0 Å². The first-order valence-electron chi connectivity index (χ1n) is 8.82. The molecule has 1 heterocycles. The minimum atomic E-state index is -0.163. The summed E-state index contributed by atoms with van der Waals surface area (Å²) in [6, 6.07) is 12.6. The summed E-state index contributed by atoms with van der Waals surface area (Å²) in [5.41, 5.74) is 2.28. The van der Waals surface area contributed by atoms with Crippen molar-refractivity contribution in [3.63, 3.8) is 0 Å². The van der Waals surface area contributed by atoms with Crippen LogP contribution in [0.5, 0.6) is 11.5 Å². The molecule has 0 bridgehead atoms. The number of phenols is 1. The molecular formula is C20H22N4O3S. The van der Waals surface area contributed by atoms with E-state index in [-0.39, 0.29) is 17.4 Å². The zero-order chi connectivity index (χ0) is 20.1. The van der Waals surface area contributed by atoms with Crippen LogP contribution < -0.4 is 10.1 Å². The highest BCUT2D eigenvalue weighted by Crippen LogP contribution is 2.30. The van der Waals surface area contributed by atoms with E-state index in [1.807, 2.05) is 42.7 Å². The summed E-state index contributed by atoms with van der Waals surface area (Å²) >= 11 is 1.29. The van der Waals surface area contributed by atoms with Gasteiger partial charge in [-0.15, -0.1) is 10.2 Å². The number of aromatic nitrogens is 3. The van der Waals surface area contributed by atoms with Crippen molar-refractivity contribution in [2.45, 2.75) is 25.5 Å². The number of rotatable bonds is 7. The Hall–Kier alpha value is -3.00. The maximum absolute atomic E-state index is 12.4. The van der Waals surface area contributed by atoms with Gasteiger partial charge in [0.2, 0.25) is 5.91 Å². The SMILES string of the molecule is CCn1c(SCC(=O)Nc2cc(C)ccc2OC)nnc1-c1ccccc1O. The minimum Gasteiger partial charge on any atom is -0.507 e. The first kappa shape index (κ1) is 19.8. The number of aromatic hydroxyl groups is 1. The molecule has 0 fully saturated rings. The zero-order valence-electron chi connectivity index (χ0n) is 16.0. The van der Waals surface area contributed by atoms with E-state index >= 15 is 0 Å². The second kappa shape index (κ2) is 8.79. The third-order valence-electron chi connectivity index (χ3n) is 4.14. The summed E-state index contributed by atoms with van der Waals surface area (Å²) in [6.07, 6.45) is 0. The molecule has 0 spiro atoms. The van der Waals surface area contributed by atoms with Crippen molar-refractivity contribution >= 4 is 23.4 Å². The van der Waals surface area contributed by atoms with Crippen LogP contribution in [0, 0.1) is 6.92 Å². The van der Waals surface area contributed by atoms with E-state index in [0.717, 1.165) is 5.56 Å². The van der Waals surface area contributed by atoms with Crippen molar-refractivity contribution in [1.82, 2.24) is 14.8 Å². The van der Waals surface area contributed by atoms with Crippen molar-refractivity contribution < 1.29 is 14.6 Å². The Kier molecular flexibility index (Phi) is 6.20. The molecule has 146 valence electrons. The second-order valence-corrected chi connectivity index (χ2v) is 7.05. The maximum atomic E-state index is 12.4. The minimum absolute atomic E-state index is 0.144. The molecule has 0 aliphatic carbocycles. The summed E-state index contributed by atoms with van der Waals surface area (Å²) in [4.78, 5) is 12.4. The van der Waals surface area contributed by atoms with Crippen molar-refractivity contribution in [3.8, 4) is 22.9 Å². The molecule has 1 amide bonds. The van der Waals surface area contributed by atoms with Gasteiger partial charge in [-0.1, -0.05) is 30.0 Å². The molecule has 2 aromatic carbocycles. The van der Waals surface area contributed by atoms with Crippen molar-refractivity contribution in [3.05, 3.63) is 48.0 Å². The molecule has 0 saturated carbocycles. The normalized spacial score (nSPS) is 10.7. The number of hydrogen-bond donors (Lipinski definition) is 2. The first-order chi connectivity index (χ1) is 13.5. The van der Waals surface area contributed by atoms with Gasteiger partial charge >= 0.3 is 0 Å². The lowest BCUT2D eigenvalue weighted by Gasteiger charge is -2.11. The van der Waals surface area contributed by atoms with Gasteiger partial charge in [-0.25, -0.2) is 0 Å². The Morgan fingerprint density at radius 2 is 2.04 bits per heavy atom. The number of amides is 1. The Morgan fingerprint density at radius 1 is 1.25 bits per heavy atom. The number of ether oxygens (including phenoxy) is 1. The van der Waals surface area contributed by atoms with Gasteiger partial charge in [0.15, 0.2) is 11.0 Å². The monoisotopic (exact) mass is 398 g/mol. The third kappa shape index (κ3) is 4.28. The Bertz CT molecular complexity index is 987. The van der Waals surface area contributed by atoms with Crippen LogP contribution >= 0.6 is 11.8 Å². The van der Waals surface area contributed by atoms with E-state index in [0.29, 0.717) is 34.5 Å². The van der Waals surface area contributed by atoms with Crippen LogP contribution in [-0.4, -0.2) is 38.6 Å². The van der Waals surface area contributed by atoms with Gasteiger partial charge in [-0.3, -0.25) is 4.79 Å². The van der Waals surface area contributed by atoms with Crippen LogP contribution in [-0.2, 0) is 11.3 Å². The van der Waals surface area contributed by atoms with Crippen molar-refractivity contribution in [1.29, 1.82) is 0 Å². The molecule has 3 rings (SSSR count). The van der Waals surface area contributed by atoms with E-state index in [1.54, 1.807) is 25.3 Å². The molecule has 1 aromatic heterocycles. The van der Waals surface area contributed by atoms with Gasteiger partial charge < -0.3 is 19.7 Å². The number of hydrogen-bond acceptors (Lipinski definition) is 6. The molecular weight excluding hydrogens is 376 g/mol. The number of benzene rings is 2. The molecule has 0 unspecified atom stereocenters. The number of carbonyl (C=O) groups is 1. The third-order valence-corrected chi connectivity index (χ3v) is 5.11. The lowest BCUT2D eigenvalue weighted by atomic mass is 10.2. The second-order valence-electron chi connectivity index (χ2n) is 6.11. The summed E-state index contributed by atoms with van der Waals surface area (Å²) in [5.74, 6) is 1.34. The highest BCUT2D eigenvalue weighted by atomic mass is 32.2. The average molecular weight is 398 g/mol. The molecule has 0 aliphatic heterocycles. The number of nitrogens with one attached hydrogen (secondary N) is 1. The fraction of sp³-hybridized carbons (Fsp3) is 0.250. The number of methoxy groups -OCH3 is 1. The first-order valence-corrected chi connectivity index (χ1v) is 9.81. The van der Waals surface area contributed by atoms with E-state index in [4.69, 9.17) is 4.74 Å². The standard InChI is InChI=1S/C20H22N4O3S/c1-4-24-19(14-7-5-6-8-16(14)25)22-23-20(24)28-12-18(26)21-15-11-13(2)9-10-17(15)27-3/h5-11,25H,4,12H2,1-3H3,(H,21,26). The zero-order valence-corrected chi connectivity index (χ0v) is 16.8. The van der Waals surface area contributed by atoms with Gasteiger partial charge in [0.1, 0.15) is 11.5 Å². The summed E-state index contributed by atoms with van der Waals surface area (Å²) in [7, 11) is 1.57. The average Bonchev–Trinajstić information content (AvgIpc) is 3.09. The van der Waals surface area contributed by atoms with Crippen LogP contribution in [0.3, 0.4) is 0 Å². The quantitative estimate of drug-likeness (QED) is 0.590. The summed E-state index contributed by atoms with van der Waals surface area (Å²) < 4.78 is 7.17. The van der Waals surface area contributed by atoms with Crippen molar-refractivity contribution in [2.75, 3.05) is 18.2 Å². The van der Waals surface area contributed by atoms with E-state index in [9.17, 15) is 9.90 Å². The highest BCUT2D eigenvalue weighted by Gasteiger charge is 2.17. The van der Waals surface area contributed by atoms with Gasteiger partial charge in [0, 0.05) is 6.54 Å². The van der Waals surface area contributed by atoms with Crippen LogP contribution in [0.25, 0.3) is 11.4 Å². The number of aryl methyl sites for hydroxylation is 1. The lowest BCUT2D eigenvalue weighted by molar-refractivity contribution is -0.113. The number of anilines is 1. The molecule has 0 aliphatic rings. The fourth-order valence-corrected chi connectivity index (χ4v) is 3.58. The van der Waals surface area contributed by atoms with E-state index in [2.05, 4.69) is 15.5 Å². The van der Waals surface area contributed by atoms with Gasteiger partial charge in [0.05, 0.1) is 24.1 Å². The van der Waals surface area contributed by atoms with Gasteiger partial charge in [-0.2, -0.15) is 0 Å². The number of thioether (sulfide) groups is 1.